The lowest BCUT2D eigenvalue weighted by atomic mass is 9.86. The minimum Gasteiger partial charge on any atom is -0.475 e. The molecule has 0 aromatic carbocycles. The quantitative estimate of drug-likeness (QED) is 0.861. The highest BCUT2D eigenvalue weighted by molar-refractivity contribution is 7.21. The van der Waals surface area contributed by atoms with Gasteiger partial charge in [0.05, 0.1) is 19.7 Å². The maximum absolute atomic E-state index is 14.0. The SMILES string of the molecule is Fc1cc2nc(N3CC(F)(F)C3)sc2nc1OCC1CCC1. The van der Waals surface area contributed by atoms with E-state index in [1.165, 1.54) is 28.7 Å². The van der Waals surface area contributed by atoms with E-state index >= 15 is 0 Å². The number of anilines is 1. The number of aromatic nitrogens is 2. The minimum absolute atomic E-state index is 0.0245. The normalized spacial score (nSPS) is 20.8. The van der Waals surface area contributed by atoms with Gasteiger partial charge in [0.15, 0.2) is 10.9 Å². The molecular weight excluding hydrogens is 315 g/mol. The molecule has 2 aliphatic rings. The fourth-order valence-electron chi connectivity index (χ4n) is 2.55. The van der Waals surface area contributed by atoms with Gasteiger partial charge < -0.3 is 9.64 Å². The highest BCUT2D eigenvalue weighted by Gasteiger charge is 2.45. The van der Waals surface area contributed by atoms with Crippen molar-refractivity contribution in [2.24, 2.45) is 5.92 Å². The lowest BCUT2D eigenvalue weighted by molar-refractivity contribution is -0.0262. The molecule has 2 fully saturated rings. The average molecular weight is 329 g/mol. The predicted molar refractivity (Wildman–Crippen MR) is 77.4 cm³/mol. The van der Waals surface area contributed by atoms with Gasteiger partial charge in [-0.05, 0) is 18.8 Å². The van der Waals surface area contributed by atoms with Crippen LogP contribution >= 0.6 is 11.3 Å². The highest BCUT2D eigenvalue weighted by Crippen LogP contribution is 2.37. The molecule has 0 unspecified atom stereocenters. The lowest BCUT2D eigenvalue weighted by Crippen LogP contribution is -2.56. The number of hydrogen-bond donors (Lipinski definition) is 0. The number of rotatable bonds is 4. The molecule has 2 aromatic heterocycles. The monoisotopic (exact) mass is 329 g/mol. The van der Waals surface area contributed by atoms with E-state index in [1.54, 1.807) is 0 Å². The van der Waals surface area contributed by atoms with Crippen LogP contribution < -0.4 is 9.64 Å². The molecule has 1 aliphatic heterocycles. The third-order valence-corrected chi connectivity index (χ3v) is 5.12. The van der Waals surface area contributed by atoms with Crippen LogP contribution in [0.1, 0.15) is 19.3 Å². The number of alkyl halides is 2. The molecule has 0 amide bonds. The van der Waals surface area contributed by atoms with Crippen molar-refractivity contribution in [3.05, 3.63) is 11.9 Å². The summed E-state index contributed by atoms with van der Waals surface area (Å²) in [5, 5.41) is 0.448. The largest absolute Gasteiger partial charge is 0.475 e. The summed E-state index contributed by atoms with van der Waals surface area (Å²) < 4.78 is 45.2. The van der Waals surface area contributed by atoms with Crippen molar-refractivity contribution in [1.29, 1.82) is 0 Å². The molecule has 0 N–H and O–H groups in total. The molecule has 2 aromatic rings. The Balaban J connectivity index is 1.54. The first-order valence-corrected chi connectivity index (χ1v) is 8.04. The molecule has 1 aliphatic carbocycles. The van der Waals surface area contributed by atoms with Crippen LogP contribution in [0.15, 0.2) is 6.07 Å². The fraction of sp³-hybridized carbons (Fsp3) is 0.571. The molecular formula is C14H14F3N3OS. The molecule has 4 nitrogen and oxygen atoms in total. The van der Waals surface area contributed by atoms with Crippen molar-refractivity contribution >= 4 is 26.8 Å². The molecule has 0 bridgehead atoms. The molecule has 0 atom stereocenters. The summed E-state index contributed by atoms with van der Waals surface area (Å²) in [5.74, 6) is -2.76. The van der Waals surface area contributed by atoms with E-state index in [2.05, 4.69) is 9.97 Å². The van der Waals surface area contributed by atoms with Crippen LogP contribution in [0.4, 0.5) is 18.3 Å². The first-order chi connectivity index (χ1) is 10.5. The Morgan fingerprint density at radius 1 is 1.32 bits per heavy atom. The van der Waals surface area contributed by atoms with Gasteiger partial charge in [0, 0.05) is 6.07 Å². The van der Waals surface area contributed by atoms with Gasteiger partial charge in [-0.2, -0.15) is 4.98 Å². The standard InChI is InChI=1S/C14H14F3N3OS/c15-9-4-10-12(19-11(9)21-5-8-2-1-3-8)22-13(18-10)20-6-14(16,17)7-20/h4,8H,1-3,5-7H2. The number of nitrogens with zero attached hydrogens (tertiary/aromatic N) is 3. The highest BCUT2D eigenvalue weighted by atomic mass is 32.1. The summed E-state index contributed by atoms with van der Waals surface area (Å²) >= 11 is 1.18. The van der Waals surface area contributed by atoms with Crippen LogP contribution in [0.2, 0.25) is 0 Å². The molecule has 22 heavy (non-hydrogen) atoms. The summed E-state index contributed by atoms with van der Waals surface area (Å²) in [6.07, 6.45) is 3.41. The van der Waals surface area contributed by atoms with Gasteiger partial charge in [-0.3, -0.25) is 0 Å². The summed E-state index contributed by atoms with van der Waals surface area (Å²) in [7, 11) is 0. The van der Waals surface area contributed by atoms with Crippen molar-refractivity contribution in [3.8, 4) is 5.88 Å². The molecule has 1 saturated heterocycles. The van der Waals surface area contributed by atoms with Crippen LogP contribution in [0, 0.1) is 11.7 Å². The second-order valence-corrected chi connectivity index (χ2v) is 6.87. The van der Waals surface area contributed by atoms with Crippen molar-refractivity contribution in [2.45, 2.75) is 25.2 Å². The molecule has 1 saturated carbocycles. The minimum atomic E-state index is -2.66. The second kappa shape index (κ2) is 4.97. The molecule has 8 heteroatoms. The zero-order valence-corrected chi connectivity index (χ0v) is 12.5. The van der Waals surface area contributed by atoms with E-state index < -0.39 is 11.7 Å². The summed E-state index contributed by atoms with van der Waals surface area (Å²) in [4.78, 5) is 10.3. The Kier molecular flexibility index (Phi) is 3.18. The summed E-state index contributed by atoms with van der Waals surface area (Å²) in [6.45, 7) is -0.222. The fourth-order valence-corrected chi connectivity index (χ4v) is 3.47. The number of halogens is 3. The lowest BCUT2D eigenvalue weighted by Gasteiger charge is -2.38. The van der Waals surface area contributed by atoms with E-state index in [1.807, 2.05) is 0 Å². The molecule has 118 valence electrons. The number of fused-ring (bicyclic) bond motifs is 1. The van der Waals surface area contributed by atoms with Crippen LogP contribution in [0.25, 0.3) is 10.3 Å². The third-order valence-electron chi connectivity index (χ3n) is 4.09. The van der Waals surface area contributed by atoms with Gasteiger partial charge in [0.25, 0.3) is 11.8 Å². The molecule has 3 heterocycles. The van der Waals surface area contributed by atoms with Gasteiger partial charge >= 0.3 is 0 Å². The smallest absolute Gasteiger partial charge is 0.282 e. The Morgan fingerprint density at radius 3 is 2.73 bits per heavy atom. The first kappa shape index (κ1) is 14.0. The van der Waals surface area contributed by atoms with Gasteiger partial charge in [-0.15, -0.1) is 0 Å². The van der Waals surface area contributed by atoms with Crippen LogP contribution in [0.3, 0.4) is 0 Å². The number of thiazole rings is 1. The van der Waals surface area contributed by atoms with Crippen LogP contribution in [0.5, 0.6) is 5.88 Å². The third kappa shape index (κ3) is 2.49. The van der Waals surface area contributed by atoms with Crippen molar-refractivity contribution < 1.29 is 17.9 Å². The number of hydrogen-bond acceptors (Lipinski definition) is 5. The maximum atomic E-state index is 14.0. The summed E-state index contributed by atoms with van der Waals surface area (Å²) in [6, 6.07) is 1.26. The van der Waals surface area contributed by atoms with E-state index in [0.29, 0.717) is 28.0 Å². The Hall–Kier alpha value is -1.57. The zero-order valence-electron chi connectivity index (χ0n) is 11.7. The second-order valence-electron chi connectivity index (χ2n) is 5.92. The number of pyridine rings is 1. The zero-order chi connectivity index (χ0) is 15.3. The predicted octanol–water partition coefficient (Wildman–Crippen LogP) is 3.46. The van der Waals surface area contributed by atoms with E-state index in [0.717, 1.165) is 12.8 Å². The number of ether oxygens (including phenoxy) is 1. The molecule has 0 radical (unpaired) electrons. The maximum Gasteiger partial charge on any atom is 0.282 e. The Bertz CT molecular complexity index is 709. The molecule has 0 spiro atoms. The van der Waals surface area contributed by atoms with E-state index in [-0.39, 0.29) is 19.0 Å². The van der Waals surface area contributed by atoms with Crippen molar-refractivity contribution in [2.75, 3.05) is 24.6 Å². The van der Waals surface area contributed by atoms with Crippen LogP contribution in [-0.2, 0) is 0 Å². The topological polar surface area (TPSA) is 38.2 Å². The van der Waals surface area contributed by atoms with Crippen molar-refractivity contribution in [1.82, 2.24) is 9.97 Å². The van der Waals surface area contributed by atoms with Crippen molar-refractivity contribution in [3.63, 3.8) is 0 Å². The first-order valence-electron chi connectivity index (χ1n) is 7.23. The van der Waals surface area contributed by atoms with Gasteiger partial charge in [0.2, 0.25) is 0 Å². The van der Waals surface area contributed by atoms with Gasteiger partial charge in [-0.1, -0.05) is 17.8 Å². The van der Waals surface area contributed by atoms with Gasteiger partial charge in [0.1, 0.15) is 10.3 Å². The average Bonchev–Trinajstić information content (AvgIpc) is 2.76. The Labute approximate surface area is 128 Å². The molecule has 4 rings (SSSR count). The van der Waals surface area contributed by atoms with Gasteiger partial charge in [-0.25, -0.2) is 18.2 Å². The van der Waals surface area contributed by atoms with Crippen LogP contribution in [-0.4, -0.2) is 35.6 Å². The van der Waals surface area contributed by atoms with E-state index in [4.69, 9.17) is 4.74 Å². The summed E-state index contributed by atoms with van der Waals surface area (Å²) in [5.41, 5.74) is 0.378. The van der Waals surface area contributed by atoms with E-state index in [9.17, 15) is 13.2 Å². The Morgan fingerprint density at radius 2 is 2.09 bits per heavy atom.